The molecule has 6 nitrogen and oxygen atoms in total. The van der Waals surface area contributed by atoms with Crippen molar-refractivity contribution >= 4 is 17.5 Å². The van der Waals surface area contributed by atoms with Gasteiger partial charge >= 0.3 is 0 Å². The van der Waals surface area contributed by atoms with Crippen LogP contribution >= 0.6 is 0 Å². The van der Waals surface area contributed by atoms with Gasteiger partial charge in [0.05, 0.1) is 44.5 Å². The van der Waals surface area contributed by atoms with Crippen LogP contribution in [0.3, 0.4) is 0 Å². The fraction of sp³-hybridized carbons (Fsp3) is 0.391. The van der Waals surface area contributed by atoms with Crippen molar-refractivity contribution in [3.8, 4) is 5.75 Å². The number of amides is 2. The fourth-order valence-electron chi connectivity index (χ4n) is 4.20. The van der Waals surface area contributed by atoms with Gasteiger partial charge in [-0.25, -0.2) is 0 Å². The average molecular weight is 394 g/mol. The molecule has 152 valence electrons. The monoisotopic (exact) mass is 394 g/mol. The van der Waals surface area contributed by atoms with Crippen molar-refractivity contribution in [2.75, 3.05) is 44.7 Å². The fourth-order valence-corrected chi connectivity index (χ4v) is 4.20. The van der Waals surface area contributed by atoms with E-state index in [0.717, 1.165) is 50.6 Å². The van der Waals surface area contributed by atoms with E-state index in [0.29, 0.717) is 18.5 Å². The number of rotatable bonds is 5. The first-order chi connectivity index (χ1) is 14.2. The van der Waals surface area contributed by atoms with E-state index in [2.05, 4.69) is 12.1 Å². The molecule has 0 aliphatic carbocycles. The number of methoxy groups -OCH3 is 1. The van der Waals surface area contributed by atoms with Crippen molar-refractivity contribution in [1.29, 1.82) is 0 Å². The van der Waals surface area contributed by atoms with Crippen LogP contribution in [0.4, 0.5) is 5.69 Å². The van der Waals surface area contributed by atoms with Crippen molar-refractivity contribution in [2.45, 2.75) is 19.4 Å². The summed E-state index contributed by atoms with van der Waals surface area (Å²) in [4.78, 5) is 30.5. The van der Waals surface area contributed by atoms with Crippen LogP contribution in [-0.4, -0.2) is 56.5 Å². The van der Waals surface area contributed by atoms with Crippen LogP contribution in [0.1, 0.15) is 28.8 Å². The molecule has 6 heteroatoms. The molecule has 2 saturated heterocycles. The molecule has 2 heterocycles. The smallest absolute Gasteiger partial charge is 0.256 e. The lowest BCUT2D eigenvalue weighted by Crippen LogP contribution is -3.13. The lowest BCUT2D eigenvalue weighted by molar-refractivity contribution is -0.917. The van der Waals surface area contributed by atoms with Crippen LogP contribution in [0, 0.1) is 0 Å². The molecule has 0 saturated carbocycles. The topological polar surface area (TPSA) is 54.3 Å². The van der Waals surface area contributed by atoms with Crippen LogP contribution in [0.15, 0.2) is 48.5 Å². The summed E-state index contributed by atoms with van der Waals surface area (Å²) < 4.78 is 5.22. The normalized spacial score (nSPS) is 17.6. The zero-order valence-electron chi connectivity index (χ0n) is 16.9. The number of hydrogen-bond acceptors (Lipinski definition) is 3. The molecule has 2 amide bonds. The molecule has 1 N–H and O–H groups in total. The number of anilines is 1. The predicted octanol–water partition coefficient (Wildman–Crippen LogP) is 1.36. The van der Waals surface area contributed by atoms with Crippen molar-refractivity contribution in [3.05, 3.63) is 59.7 Å². The first kappa shape index (κ1) is 19.5. The Labute approximate surface area is 171 Å². The Hall–Kier alpha value is -2.86. The lowest BCUT2D eigenvalue weighted by atomic mass is 10.1. The Kier molecular flexibility index (Phi) is 5.81. The molecule has 2 aliphatic rings. The number of quaternary nitrogens is 1. The van der Waals surface area contributed by atoms with Gasteiger partial charge in [0.25, 0.3) is 5.91 Å². The summed E-state index contributed by atoms with van der Waals surface area (Å²) in [5, 5.41) is 0. The maximum absolute atomic E-state index is 13.2. The number of nitrogens with zero attached hydrogens (tertiary/aromatic N) is 2. The van der Waals surface area contributed by atoms with E-state index in [4.69, 9.17) is 4.74 Å². The van der Waals surface area contributed by atoms with E-state index in [1.54, 1.807) is 12.0 Å². The van der Waals surface area contributed by atoms with E-state index in [-0.39, 0.29) is 11.8 Å². The van der Waals surface area contributed by atoms with Gasteiger partial charge in [-0.05, 0) is 42.8 Å². The number of para-hydroxylation sites is 1. The number of carbonyl (C=O) groups excluding carboxylic acids is 2. The van der Waals surface area contributed by atoms with Gasteiger partial charge in [0.1, 0.15) is 12.3 Å². The van der Waals surface area contributed by atoms with Gasteiger partial charge in [0, 0.05) is 18.5 Å². The van der Waals surface area contributed by atoms with Crippen LogP contribution in [0.25, 0.3) is 0 Å². The summed E-state index contributed by atoms with van der Waals surface area (Å²) in [5.41, 5.74) is 2.67. The third kappa shape index (κ3) is 4.27. The summed E-state index contributed by atoms with van der Waals surface area (Å²) in [6.07, 6.45) is 1.42. The zero-order valence-corrected chi connectivity index (χ0v) is 16.9. The number of ether oxygens (including phenoxy) is 1. The van der Waals surface area contributed by atoms with Gasteiger partial charge in [-0.1, -0.05) is 12.1 Å². The Morgan fingerprint density at radius 2 is 1.76 bits per heavy atom. The third-order valence-electron chi connectivity index (χ3n) is 5.87. The molecule has 2 fully saturated rings. The Balaban J connectivity index is 1.39. The molecule has 0 spiro atoms. The second-order valence-electron chi connectivity index (χ2n) is 7.73. The van der Waals surface area contributed by atoms with Gasteiger partial charge in [-0.3, -0.25) is 9.59 Å². The quantitative estimate of drug-likeness (QED) is 0.833. The number of carbonyl (C=O) groups is 2. The summed E-state index contributed by atoms with van der Waals surface area (Å²) in [6.45, 7) is 4.94. The zero-order chi connectivity index (χ0) is 20.2. The first-order valence-electron chi connectivity index (χ1n) is 10.3. The minimum absolute atomic E-state index is 0.0313. The summed E-state index contributed by atoms with van der Waals surface area (Å²) >= 11 is 0. The highest BCUT2D eigenvalue weighted by Gasteiger charge is 2.29. The van der Waals surface area contributed by atoms with Gasteiger partial charge < -0.3 is 19.4 Å². The summed E-state index contributed by atoms with van der Waals surface area (Å²) in [5.74, 6) is 1.01. The van der Waals surface area contributed by atoms with E-state index in [1.165, 1.54) is 10.5 Å². The largest absolute Gasteiger partial charge is 0.497 e. The molecule has 0 aromatic heterocycles. The maximum Gasteiger partial charge on any atom is 0.256 e. The minimum Gasteiger partial charge on any atom is -0.497 e. The Morgan fingerprint density at radius 1 is 1.03 bits per heavy atom. The number of hydrogen-bond donors (Lipinski definition) is 1. The molecule has 0 unspecified atom stereocenters. The molecule has 2 aliphatic heterocycles. The van der Waals surface area contributed by atoms with Crippen molar-refractivity contribution in [2.24, 2.45) is 0 Å². The van der Waals surface area contributed by atoms with Crippen LogP contribution in [0.5, 0.6) is 5.75 Å². The third-order valence-corrected chi connectivity index (χ3v) is 5.87. The van der Waals surface area contributed by atoms with Gasteiger partial charge in [0.15, 0.2) is 0 Å². The molecule has 0 bridgehead atoms. The molecule has 2 aromatic rings. The average Bonchev–Trinajstić information content (AvgIpc) is 3.20. The summed E-state index contributed by atoms with van der Waals surface area (Å²) in [6, 6.07) is 15.7. The van der Waals surface area contributed by atoms with Crippen molar-refractivity contribution in [3.63, 3.8) is 0 Å². The number of piperazine rings is 1. The van der Waals surface area contributed by atoms with E-state index >= 15 is 0 Å². The first-order valence-corrected chi connectivity index (χ1v) is 10.3. The van der Waals surface area contributed by atoms with E-state index in [1.807, 2.05) is 41.3 Å². The highest BCUT2D eigenvalue weighted by molar-refractivity contribution is 6.05. The molecular formula is C23H28N3O3+. The Morgan fingerprint density at radius 3 is 2.41 bits per heavy atom. The second-order valence-corrected chi connectivity index (χ2v) is 7.73. The predicted molar refractivity (Wildman–Crippen MR) is 111 cm³/mol. The van der Waals surface area contributed by atoms with Crippen molar-refractivity contribution < 1.29 is 19.2 Å². The molecular weight excluding hydrogens is 366 g/mol. The minimum atomic E-state index is 0.0313. The van der Waals surface area contributed by atoms with Gasteiger partial charge in [-0.15, -0.1) is 0 Å². The lowest BCUT2D eigenvalue weighted by Gasteiger charge is -2.33. The molecule has 0 radical (unpaired) electrons. The highest BCUT2D eigenvalue weighted by atomic mass is 16.5. The van der Waals surface area contributed by atoms with E-state index < -0.39 is 0 Å². The Bertz CT molecular complexity index is 873. The van der Waals surface area contributed by atoms with Crippen LogP contribution in [0.2, 0.25) is 0 Å². The second kappa shape index (κ2) is 8.66. The summed E-state index contributed by atoms with van der Waals surface area (Å²) in [7, 11) is 1.67. The van der Waals surface area contributed by atoms with E-state index in [9.17, 15) is 9.59 Å². The van der Waals surface area contributed by atoms with Gasteiger partial charge in [0.2, 0.25) is 5.91 Å². The highest BCUT2D eigenvalue weighted by Crippen LogP contribution is 2.26. The molecule has 2 aromatic carbocycles. The molecule has 4 rings (SSSR count). The SMILES string of the molecule is COc1ccc(C[NH+]2CCN(C(=O)c3ccccc3N3CCCC3=O)CC2)cc1. The molecule has 0 atom stereocenters. The standard InChI is InChI=1S/C23H27N3O3/c1-29-19-10-8-18(9-11-19)17-24-13-15-25(16-14-24)23(28)20-5-2-3-6-21(20)26-12-4-7-22(26)27/h2-3,5-6,8-11H,4,7,12-17H2,1H3/p+1. The molecule has 29 heavy (non-hydrogen) atoms. The van der Waals surface area contributed by atoms with Crippen LogP contribution in [-0.2, 0) is 11.3 Å². The number of nitrogens with one attached hydrogen (secondary N) is 1. The van der Waals surface area contributed by atoms with Crippen LogP contribution < -0.4 is 14.5 Å². The van der Waals surface area contributed by atoms with Crippen molar-refractivity contribution in [1.82, 2.24) is 4.90 Å². The number of benzene rings is 2. The van der Waals surface area contributed by atoms with Gasteiger partial charge in [-0.2, -0.15) is 0 Å². The maximum atomic E-state index is 13.2.